The van der Waals surface area contributed by atoms with Crippen LogP contribution < -0.4 is 5.73 Å². The summed E-state index contributed by atoms with van der Waals surface area (Å²) in [4.78, 5) is 13.6. The minimum Gasteiger partial charge on any atom is -0.384 e. The molecular weight excluding hydrogens is 406 g/mol. The van der Waals surface area contributed by atoms with Gasteiger partial charge < -0.3 is 15.0 Å². The summed E-state index contributed by atoms with van der Waals surface area (Å²) < 4.78 is 12.8. The third-order valence-electron chi connectivity index (χ3n) is 6.57. The van der Waals surface area contributed by atoms with Gasteiger partial charge in [-0.05, 0) is 49.4 Å². The molecule has 2 N–H and O–H groups in total. The predicted octanol–water partition coefficient (Wildman–Crippen LogP) is 3.26. The van der Waals surface area contributed by atoms with E-state index >= 15 is 0 Å². The fourth-order valence-corrected chi connectivity index (χ4v) is 4.21. The Morgan fingerprint density at radius 3 is 2.56 bits per heavy atom. The van der Waals surface area contributed by atoms with Crippen molar-refractivity contribution in [3.05, 3.63) is 60.4 Å². The van der Waals surface area contributed by atoms with Crippen LogP contribution in [0.1, 0.15) is 37.2 Å². The van der Waals surface area contributed by atoms with Gasteiger partial charge in [0, 0.05) is 24.2 Å². The fraction of sp³-hybridized carbons (Fsp3) is 0.348. The zero-order chi connectivity index (χ0) is 21.7. The first-order valence-electron chi connectivity index (χ1n) is 10.8. The summed E-state index contributed by atoms with van der Waals surface area (Å²) in [5.41, 5.74) is 8.99. The Labute approximate surface area is 184 Å². The minimum atomic E-state index is -0.371. The molecule has 0 amide bonds. The van der Waals surface area contributed by atoms with Gasteiger partial charge in [-0.3, -0.25) is 9.67 Å². The Morgan fingerprint density at radius 1 is 1.03 bits per heavy atom. The molecule has 0 bridgehead atoms. The Bertz CT molecular complexity index is 1240. The lowest BCUT2D eigenvalue weighted by Crippen LogP contribution is -2.30. The summed E-state index contributed by atoms with van der Waals surface area (Å²) in [6, 6.07) is 8.09. The zero-order valence-corrected chi connectivity index (χ0v) is 17.7. The minimum absolute atomic E-state index is 0.281. The van der Waals surface area contributed by atoms with Crippen LogP contribution in [0.5, 0.6) is 0 Å². The summed E-state index contributed by atoms with van der Waals surface area (Å²) in [5, 5.41) is 8.80. The van der Waals surface area contributed by atoms with E-state index in [4.69, 9.17) is 25.0 Å². The number of nitrogen functional groups attached to an aromatic ring is 1. The van der Waals surface area contributed by atoms with Gasteiger partial charge in [0.1, 0.15) is 5.82 Å². The quantitative estimate of drug-likeness (QED) is 0.496. The number of rotatable bonds is 6. The molecule has 6 rings (SSSR count). The maximum atomic E-state index is 5.70. The summed E-state index contributed by atoms with van der Waals surface area (Å²) in [5.74, 6) is 2.11. The summed E-state index contributed by atoms with van der Waals surface area (Å²) >= 11 is 0. The van der Waals surface area contributed by atoms with Crippen LogP contribution in [0, 0.1) is 5.92 Å². The normalized spacial score (nSPS) is 18.3. The second kappa shape index (κ2) is 7.23. The highest BCUT2D eigenvalue weighted by Crippen LogP contribution is 2.50. The molecule has 0 spiro atoms. The Hall–Kier alpha value is -3.59. The van der Waals surface area contributed by atoms with E-state index in [1.54, 1.807) is 18.5 Å². The second-order valence-electron chi connectivity index (χ2n) is 8.70. The molecule has 1 atom stereocenters. The number of hydrogen-bond donors (Lipinski definition) is 1. The van der Waals surface area contributed by atoms with Crippen LogP contribution in [-0.4, -0.2) is 43.1 Å². The number of nitrogens with two attached hydrogens (primary N) is 1. The molecule has 2 aliphatic rings. The van der Waals surface area contributed by atoms with E-state index in [9.17, 15) is 0 Å². The highest BCUT2D eigenvalue weighted by atomic mass is 16.5. The highest BCUT2D eigenvalue weighted by molar-refractivity contribution is 5.59. The lowest BCUT2D eigenvalue weighted by molar-refractivity contribution is -0.0286. The van der Waals surface area contributed by atoms with Crippen LogP contribution in [0.2, 0.25) is 0 Å². The van der Waals surface area contributed by atoms with E-state index in [2.05, 4.69) is 28.2 Å². The van der Waals surface area contributed by atoms with E-state index in [0.717, 1.165) is 35.2 Å². The largest absolute Gasteiger partial charge is 0.384 e. The molecular formula is C23H23N7O2. The third-order valence-corrected chi connectivity index (χ3v) is 6.57. The van der Waals surface area contributed by atoms with E-state index < -0.39 is 0 Å². The number of aromatic nitrogens is 6. The first kappa shape index (κ1) is 19.1. The molecule has 32 heavy (non-hydrogen) atoms. The van der Waals surface area contributed by atoms with Crippen molar-refractivity contribution in [3.63, 3.8) is 0 Å². The van der Waals surface area contributed by atoms with E-state index in [0.29, 0.717) is 36.7 Å². The van der Waals surface area contributed by atoms with Crippen LogP contribution in [0.3, 0.4) is 0 Å². The molecule has 162 valence electrons. The van der Waals surface area contributed by atoms with Gasteiger partial charge in [-0.2, -0.15) is 10.1 Å². The fourth-order valence-electron chi connectivity index (χ4n) is 4.21. The molecule has 0 radical (unpaired) electrons. The molecule has 9 heteroatoms. The number of anilines is 1. The Morgan fingerprint density at radius 2 is 1.91 bits per heavy atom. The van der Waals surface area contributed by atoms with Gasteiger partial charge in [-0.15, -0.1) is 0 Å². The van der Waals surface area contributed by atoms with Crippen LogP contribution in [0.4, 0.5) is 5.82 Å². The summed E-state index contributed by atoms with van der Waals surface area (Å²) in [6.07, 6.45) is 9.61. The molecule has 4 aromatic heterocycles. The third kappa shape index (κ3) is 3.16. The lowest BCUT2D eigenvalue weighted by atomic mass is 9.77. The van der Waals surface area contributed by atoms with Crippen molar-refractivity contribution in [2.75, 3.05) is 18.9 Å². The molecule has 2 fully saturated rings. The topological polar surface area (TPSA) is 118 Å². The van der Waals surface area contributed by atoms with Gasteiger partial charge >= 0.3 is 0 Å². The first-order chi connectivity index (χ1) is 15.6. The van der Waals surface area contributed by atoms with Crippen molar-refractivity contribution in [1.29, 1.82) is 0 Å². The van der Waals surface area contributed by atoms with E-state index in [1.165, 1.54) is 0 Å². The Kier molecular flexibility index (Phi) is 4.32. The molecule has 0 unspecified atom stereocenters. The lowest BCUT2D eigenvalue weighted by Gasteiger charge is -2.26. The van der Waals surface area contributed by atoms with Gasteiger partial charge in [0.05, 0.1) is 42.1 Å². The second-order valence-corrected chi connectivity index (χ2v) is 8.70. The predicted molar refractivity (Wildman–Crippen MR) is 116 cm³/mol. The smallest absolute Gasteiger partial charge is 0.261 e. The maximum Gasteiger partial charge on any atom is 0.261 e. The van der Waals surface area contributed by atoms with Crippen LogP contribution in [-0.2, 0) is 10.2 Å². The summed E-state index contributed by atoms with van der Waals surface area (Å²) in [6.45, 7) is 3.55. The Balaban J connectivity index is 1.31. The SMILES string of the molecule is C[C@@](c1ccc(-c2ccc(N)nc2)nc1)(c1noc(-c2cnn(C3COC3)c2)n1)C1CC1. The number of hydrogen-bond acceptors (Lipinski definition) is 8. The number of ether oxygens (including phenoxy) is 1. The molecule has 1 aliphatic heterocycles. The molecule has 9 nitrogen and oxygen atoms in total. The van der Waals surface area contributed by atoms with Crippen molar-refractivity contribution in [2.24, 2.45) is 5.92 Å². The van der Waals surface area contributed by atoms with Gasteiger partial charge in [0.25, 0.3) is 5.89 Å². The van der Waals surface area contributed by atoms with Crippen molar-refractivity contribution < 1.29 is 9.26 Å². The van der Waals surface area contributed by atoms with Gasteiger partial charge in [-0.25, -0.2) is 4.98 Å². The van der Waals surface area contributed by atoms with Gasteiger partial charge in [0.15, 0.2) is 5.82 Å². The maximum absolute atomic E-state index is 5.70. The monoisotopic (exact) mass is 429 g/mol. The van der Waals surface area contributed by atoms with Gasteiger partial charge in [0.2, 0.25) is 0 Å². The molecule has 1 aliphatic carbocycles. The molecule has 5 heterocycles. The van der Waals surface area contributed by atoms with Crippen LogP contribution in [0.15, 0.2) is 53.6 Å². The van der Waals surface area contributed by atoms with E-state index in [-0.39, 0.29) is 11.5 Å². The van der Waals surface area contributed by atoms with Crippen molar-refractivity contribution in [3.8, 4) is 22.7 Å². The average Bonchev–Trinajstić information content (AvgIpc) is 3.33. The highest BCUT2D eigenvalue weighted by Gasteiger charge is 2.47. The van der Waals surface area contributed by atoms with E-state index in [1.807, 2.05) is 29.2 Å². The van der Waals surface area contributed by atoms with Gasteiger partial charge in [-0.1, -0.05) is 11.2 Å². The molecule has 0 aromatic carbocycles. The summed E-state index contributed by atoms with van der Waals surface area (Å²) in [7, 11) is 0. The van der Waals surface area contributed by atoms with Crippen LogP contribution in [0.25, 0.3) is 22.7 Å². The molecule has 1 saturated heterocycles. The zero-order valence-electron chi connectivity index (χ0n) is 17.7. The van der Waals surface area contributed by atoms with Crippen molar-refractivity contribution >= 4 is 5.82 Å². The van der Waals surface area contributed by atoms with Crippen LogP contribution >= 0.6 is 0 Å². The van der Waals surface area contributed by atoms with Crippen molar-refractivity contribution in [1.82, 2.24) is 29.9 Å². The molecule has 4 aromatic rings. The number of pyridine rings is 2. The standard InChI is InChI=1S/C23H23N7O2/c1-23(16-3-4-16,17-5-6-19(25-10-17)14-2-7-20(24)26-8-14)22-28-21(32-29-22)15-9-27-30(11-15)18-12-31-13-18/h2,5-11,16,18H,3-4,12-13H2,1H3,(H2,24,26)/t23-/m1/s1. The molecule has 1 saturated carbocycles. The average molecular weight is 429 g/mol. The van der Waals surface area contributed by atoms with Crippen molar-refractivity contribution in [2.45, 2.75) is 31.2 Å². The first-order valence-corrected chi connectivity index (χ1v) is 10.8. The number of nitrogens with zero attached hydrogens (tertiary/aromatic N) is 6.